The minimum absolute atomic E-state index is 0.00133. The van der Waals surface area contributed by atoms with Crippen molar-refractivity contribution in [3.63, 3.8) is 0 Å². The molecule has 2 atom stereocenters. The van der Waals surface area contributed by atoms with Gasteiger partial charge in [0, 0.05) is 37.3 Å². The smallest absolute Gasteiger partial charge is 0.262 e. The first-order valence-corrected chi connectivity index (χ1v) is 9.88. The van der Waals surface area contributed by atoms with Crippen molar-refractivity contribution in [2.24, 2.45) is 5.92 Å². The first kappa shape index (κ1) is 16.4. The van der Waals surface area contributed by atoms with Crippen molar-refractivity contribution in [3.8, 4) is 0 Å². The molecule has 0 aromatic carbocycles. The van der Waals surface area contributed by atoms with Gasteiger partial charge in [0.2, 0.25) is 5.91 Å². The monoisotopic (exact) mass is 382 g/mol. The van der Waals surface area contributed by atoms with Crippen LogP contribution in [0, 0.1) is 5.92 Å². The van der Waals surface area contributed by atoms with E-state index in [4.69, 9.17) is 0 Å². The Morgan fingerprint density at radius 1 is 1.19 bits per heavy atom. The molecule has 3 aromatic heterocycles. The summed E-state index contributed by atoms with van der Waals surface area (Å²) >= 11 is 1.42. The maximum absolute atomic E-state index is 12.9. The fraction of sp³-hybridized carbons (Fsp3) is 0.368. The third-order valence-electron chi connectivity index (χ3n) is 5.59. The van der Waals surface area contributed by atoms with Gasteiger partial charge in [-0.1, -0.05) is 6.07 Å². The predicted molar refractivity (Wildman–Crippen MR) is 102 cm³/mol. The molecule has 0 saturated carbocycles. The van der Waals surface area contributed by atoms with Crippen LogP contribution in [0.4, 0.5) is 0 Å². The number of rotatable bonds is 2. The van der Waals surface area contributed by atoms with E-state index in [1.807, 2.05) is 20.9 Å². The molecule has 2 bridgehead atoms. The van der Waals surface area contributed by atoms with E-state index in [2.05, 4.69) is 4.98 Å². The van der Waals surface area contributed by atoms with Gasteiger partial charge in [-0.15, -0.1) is 11.3 Å². The zero-order chi connectivity index (χ0) is 18.5. The van der Waals surface area contributed by atoms with E-state index in [9.17, 15) is 14.4 Å². The normalized spacial score (nSPS) is 21.3. The van der Waals surface area contributed by atoms with Crippen molar-refractivity contribution in [2.75, 3.05) is 13.1 Å². The summed E-state index contributed by atoms with van der Waals surface area (Å²) in [6.07, 6.45) is 2.45. The summed E-state index contributed by atoms with van der Waals surface area (Å²) in [4.78, 5) is 44.3. The number of likely N-dealkylation sites (tertiary alicyclic amines) is 1. The van der Waals surface area contributed by atoms with Crippen molar-refractivity contribution in [2.45, 2.75) is 25.4 Å². The molecule has 3 aromatic rings. The SMILES string of the molecule is O=C(Cn1cnc2sccc2c1=O)N1C[C@@H]2C[C@H](C1)c1cccc(=O)n1C2. The second-order valence-corrected chi connectivity index (χ2v) is 8.21. The van der Waals surface area contributed by atoms with Crippen LogP contribution in [0.25, 0.3) is 10.2 Å². The van der Waals surface area contributed by atoms with Crippen LogP contribution >= 0.6 is 11.3 Å². The van der Waals surface area contributed by atoms with E-state index in [-0.39, 0.29) is 35.4 Å². The van der Waals surface area contributed by atoms with Gasteiger partial charge < -0.3 is 9.47 Å². The molecule has 0 N–H and O–H groups in total. The number of hydrogen-bond donors (Lipinski definition) is 0. The maximum atomic E-state index is 12.9. The highest BCUT2D eigenvalue weighted by Gasteiger charge is 2.36. The van der Waals surface area contributed by atoms with Crippen molar-refractivity contribution < 1.29 is 4.79 Å². The molecule has 8 heteroatoms. The summed E-state index contributed by atoms with van der Waals surface area (Å²) in [5.74, 6) is 0.369. The van der Waals surface area contributed by atoms with E-state index in [0.717, 1.165) is 12.1 Å². The maximum Gasteiger partial charge on any atom is 0.262 e. The standard InChI is InChI=1S/C19H18N4O3S/c24-16-3-1-2-15-13-6-12(8-23(15)16)7-21(9-13)17(25)10-22-11-20-18-14(19(22)26)4-5-27-18/h1-5,11-13H,6-10H2/t12-,13+/m0/s1. The lowest BCUT2D eigenvalue weighted by molar-refractivity contribution is -0.134. The number of pyridine rings is 1. The number of hydrogen-bond acceptors (Lipinski definition) is 5. The Labute approximate surface area is 158 Å². The Hall–Kier alpha value is -2.74. The molecule has 0 radical (unpaired) electrons. The molecule has 27 heavy (non-hydrogen) atoms. The first-order chi connectivity index (χ1) is 13.1. The largest absolute Gasteiger partial charge is 0.340 e. The molecule has 5 rings (SSSR count). The van der Waals surface area contributed by atoms with E-state index >= 15 is 0 Å². The number of carbonyl (C=O) groups is 1. The second kappa shape index (κ2) is 6.16. The number of carbonyl (C=O) groups excluding carboxylic acids is 1. The van der Waals surface area contributed by atoms with Crippen molar-refractivity contribution >= 4 is 27.5 Å². The lowest BCUT2D eigenvalue weighted by atomic mass is 9.83. The minimum Gasteiger partial charge on any atom is -0.340 e. The number of nitrogens with zero attached hydrogens (tertiary/aromatic N) is 4. The lowest BCUT2D eigenvalue weighted by Crippen LogP contribution is -2.50. The number of piperidine rings is 1. The van der Waals surface area contributed by atoms with Gasteiger partial charge in [-0.05, 0) is 29.9 Å². The zero-order valence-corrected chi connectivity index (χ0v) is 15.4. The van der Waals surface area contributed by atoms with Crippen LogP contribution in [0.1, 0.15) is 18.0 Å². The molecule has 0 spiro atoms. The van der Waals surface area contributed by atoms with E-state index < -0.39 is 0 Å². The summed E-state index contributed by atoms with van der Waals surface area (Å²) in [5, 5.41) is 2.38. The van der Waals surface area contributed by atoms with Gasteiger partial charge in [0.05, 0.1) is 11.7 Å². The van der Waals surface area contributed by atoms with Gasteiger partial charge in [0.25, 0.3) is 11.1 Å². The highest BCUT2D eigenvalue weighted by molar-refractivity contribution is 7.16. The number of aromatic nitrogens is 3. The Balaban J connectivity index is 1.39. The molecule has 1 amide bonds. The quantitative estimate of drug-likeness (QED) is 0.669. The van der Waals surface area contributed by atoms with Crippen LogP contribution in [0.5, 0.6) is 0 Å². The Morgan fingerprint density at radius 3 is 2.96 bits per heavy atom. The fourth-order valence-electron chi connectivity index (χ4n) is 4.35. The topological polar surface area (TPSA) is 77.2 Å². The zero-order valence-electron chi connectivity index (χ0n) is 14.6. The highest BCUT2D eigenvalue weighted by Crippen LogP contribution is 2.34. The van der Waals surface area contributed by atoms with E-state index in [1.54, 1.807) is 18.2 Å². The summed E-state index contributed by atoms with van der Waals surface area (Å²) in [7, 11) is 0. The lowest BCUT2D eigenvalue weighted by Gasteiger charge is -2.42. The summed E-state index contributed by atoms with van der Waals surface area (Å²) < 4.78 is 3.24. The fourth-order valence-corrected chi connectivity index (χ4v) is 5.08. The van der Waals surface area contributed by atoms with Crippen LogP contribution in [-0.4, -0.2) is 38.0 Å². The highest BCUT2D eigenvalue weighted by atomic mass is 32.1. The van der Waals surface area contributed by atoms with Crippen molar-refractivity contribution in [1.29, 1.82) is 0 Å². The second-order valence-electron chi connectivity index (χ2n) is 7.31. The van der Waals surface area contributed by atoms with Gasteiger partial charge in [-0.2, -0.15) is 0 Å². The number of thiophene rings is 1. The average molecular weight is 382 g/mol. The van der Waals surface area contributed by atoms with Crippen LogP contribution in [0.2, 0.25) is 0 Å². The van der Waals surface area contributed by atoms with Crippen LogP contribution < -0.4 is 11.1 Å². The molecular weight excluding hydrogens is 364 g/mol. The molecule has 7 nitrogen and oxygen atoms in total. The third kappa shape index (κ3) is 2.71. The molecule has 1 saturated heterocycles. The van der Waals surface area contributed by atoms with E-state index in [1.165, 1.54) is 22.2 Å². The van der Waals surface area contributed by atoms with Gasteiger partial charge in [0.15, 0.2) is 0 Å². The van der Waals surface area contributed by atoms with Crippen molar-refractivity contribution in [1.82, 2.24) is 19.0 Å². The molecule has 2 aliphatic heterocycles. The average Bonchev–Trinajstić information content (AvgIpc) is 3.14. The third-order valence-corrected chi connectivity index (χ3v) is 6.41. The van der Waals surface area contributed by atoms with Crippen molar-refractivity contribution in [3.05, 3.63) is 62.4 Å². The summed E-state index contributed by atoms with van der Waals surface area (Å²) in [6.45, 7) is 1.86. The van der Waals surface area contributed by atoms with Gasteiger partial charge in [0.1, 0.15) is 11.4 Å². The van der Waals surface area contributed by atoms with Crippen LogP contribution in [0.3, 0.4) is 0 Å². The molecule has 0 aliphatic carbocycles. The van der Waals surface area contributed by atoms with Crippen LogP contribution in [-0.2, 0) is 17.9 Å². The van der Waals surface area contributed by atoms with Gasteiger partial charge in [-0.3, -0.25) is 19.0 Å². The molecule has 5 heterocycles. The molecule has 0 unspecified atom stereocenters. The molecule has 1 fully saturated rings. The molecule has 2 aliphatic rings. The van der Waals surface area contributed by atoms with E-state index in [0.29, 0.717) is 29.9 Å². The molecule has 138 valence electrons. The summed E-state index contributed by atoms with van der Waals surface area (Å²) in [6, 6.07) is 7.11. The Morgan fingerprint density at radius 2 is 2.07 bits per heavy atom. The first-order valence-electron chi connectivity index (χ1n) is 9.00. The number of amides is 1. The summed E-state index contributed by atoms with van der Waals surface area (Å²) in [5.41, 5.74) is 0.863. The number of fused-ring (bicyclic) bond motifs is 5. The minimum atomic E-state index is -0.177. The Bertz CT molecular complexity index is 1160. The predicted octanol–water partition coefficient (Wildman–Crippen LogP) is 1.27. The van der Waals surface area contributed by atoms with Crippen LogP contribution in [0.15, 0.2) is 45.6 Å². The van der Waals surface area contributed by atoms with Gasteiger partial charge in [-0.25, -0.2) is 4.98 Å². The van der Waals surface area contributed by atoms with Gasteiger partial charge >= 0.3 is 0 Å². The Kier molecular flexibility index (Phi) is 3.75. The molecular formula is C19H18N4O3S.